The fraction of sp³-hybridized carbons (Fsp3) is 0.304. The number of anilines is 1. The van der Waals surface area contributed by atoms with Crippen LogP contribution in [0.3, 0.4) is 0 Å². The molecule has 1 aromatic heterocycles. The van der Waals surface area contributed by atoms with Gasteiger partial charge in [-0.2, -0.15) is 5.10 Å². The van der Waals surface area contributed by atoms with Crippen molar-refractivity contribution in [3.63, 3.8) is 0 Å². The summed E-state index contributed by atoms with van der Waals surface area (Å²) in [7, 11) is 0. The quantitative estimate of drug-likeness (QED) is 0.682. The van der Waals surface area contributed by atoms with Gasteiger partial charge in [0, 0.05) is 16.9 Å². The Bertz CT molecular complexity index is 1010. The highest BCUT2D eigenvalue weighted by molar-refractivity contribution is 5.79. The van der Waals surface area contributed by atoms with Gasteiger partial charge in [0.05, 0.1) is 23.8 Å². The first kappa shape index (κ1) is 18.3. The number of carbonyl (C=O) groups excluding carboxylic acids is 1. The number of aryl methyl sites for hydroxylation is 2. The van der Waals surface area contributed by atoms with Crippen molar-refractivity contribution in [3.05, 3.63) is 76.6 Å². The molecule has 0 spiro atoms. The molecule has 0 fully saturated rings. The smallest absolute Gasteiger partial charge is 0.225 e. The van der Waals surface area contributed by atoms with Crippen LogP contribution in [0.1, 0.15) is 47.0 Å². The van der Waals surface area contributed by atoms with E-state index in [1.807, 2.05) is 61.0 Å². The maximum atomic E-state index is 12.8. The highest BCUT2D eigenvalue weighted by atomic mass is 16.1. The Morgan fingerprint density at radius 2 is 2.00 bits per heavy atom. The number of nitrogens with one attached hydrogen (secondary N) is 1. The van der Waals surface area contributed by atoms with Crippen LogP contribution in [-0.4, -0.2) is 15.7 Å². The lowest BCUT2D eigenvalue weighted by molar-refractivity contribution is -0.121. The Balaban J connectivity index is 1.52. The van der Waals surface area contributed by atoms with Crippen molar-refractivity contribution >= 4 is 11.6 Å². The van der Waals surface area contributed by atoms with Gasteiger partial charge in [0.15, 0.2) is 0 Å². The first-order chi connectivity index (χ1) is 13.5. The second kappa shape index (κ2) is 7.50. The average Bonchev–Trinajstić information content (AvgIpc) is 2.97. The fourth-order valence-electron chi connectivity index (χ4n) is 4.14. The molecule has 3 aromatic rings. The van der Waals surface area contributed by atoms with E-state index in [0.717, 1.165) is 47.6 Å². The van der Waals surface area contributed by atoms with Crippen LogP contribution in [0.4, 0.5) is 5.69 Å². The molecule has 2 aromatic carbocycles. The molecule has 5 nitrogen and oxygen atoms in total. The van der Waals surface area contributed by atoms with Gasteiger partial charge in [-0.15, -0.1) is 0 Å². The van der Waals surface area contributed by atoms with Gasteiger partial charge in [-0.1, -0.05) is 24.3 Å². The van der Waals surface area contributed by atoms with E-state index in [2.05, 4.69) is 16.5 Å². The predicted molar refractivity (Wildman–Crippen MR) is 111 cm³/mol. The Kier molecular flexibility index (Phi) is 4.90. The number of para-hydroxylation sites is 1. The fourth-order valence-corrected chi connectivity index (χ4v) is 4.14. The molecule has 4 rings (SSSR count). The third-order valence-corrected chi connectivity index (χ3v) is 5.60. The van der Waals surface area contributed by atoms with Gasteiger partial charge in [-0.05, 0) is 68.5 Å². The number of benzene rings is 2. The van der Waals surface area contributed by atoms with Crippen molar-refractivity contribution in [1.29, 1.82) is 0 Å². The molecular weight excluding hydrogens is 348 g/mol. The van der Waals surface area contributed by atoms with Gasteiger partial charge < -0.3 is 11.1 Å². The molecule has 0 saturated carbocycles. The van der Waals surface area contributed by atoms with Gasteiger partial charge in [0.25, 0.3) is 0 Å². The second-order valence-corrected chi connectivity index (χ2v) is 7.54. The summed E-state index contributed by atoms with van der Waals surface area (Å²) < 4.78 is 1.91. The van der Waals surface area contributed by atoms with E-state index >= 15 is 0 Å². The molecule has 1 atom stereocenters. The minimum absolute atomic E-state index is 0.0356. The van der Waals surface area contributed by atoms with Gasteiger partial charge in [-0.25, -0.2) is 4.68 Å². The third kappa shape index (κ3) is 3.52. The number of aromatic nitrogens is 2. The number of carbonyl (C=O) groups is 1. The summed E-state index contributed by atoms with van der Waals surface area (Å²) in [5.74, 6) is 0.0356. The molecule has 1 unspecified atom stereocenters. The van der Waals surface area contributed by atoms with Crippen molar-refractivity contribution in [1.82, 2.24) is 15.1 Å². The van der Waals surface area contributed by atoms with E-state index < -0.39 is 0 Å². The van der Waals surface area contributed by atoms with Crippen LogP contribution >= 0.6 is 0 Å². The maximum Gasteiger partial charge on any atom is 0.225 e. The van der Waals surface area contributed by atoms with Crippen LogP contribution < -0.4 is 11.1 Å². The van der Waals surface area contributed by atoms with Crippen LogP contribution in [0.15, 0.2) is 48.5 Å². The molecule has 5 heteroatoms. The van der Waals surface area contributed by atoms with Crippen LogP contribution in [0.2, 0.25) is 0 Å². The first-order valence-corrected chi connectivity index (χ1v) is 9.81. The van der Waals surface area contributed by atoms with Crippen LogP contribution in [0, 0.1) is 13.8 Å². The monoisotopic (exact) mass is 374 g/mol. The molecule has 1 heterocycles. The molecule has 3 N–H and O–H groups in total. The molecule has 1 amide bonds. The minimum atomic E-state index is 0.0356. The number of rotatable bonds is 4. The summed E-state index contributed by atoms with van der Waals surface area (Å²) in [4.78, 5) is 12.8. The highest BCUT2D eigenvalue weighted by Crippen LogP contribution is 2.31. The lowest BCUT2D eigenvalue weighted by Gasteiger charge is -2.26. The van der Waals surface area contributed by atoms with Gasteiger partial charge >= 0.3 is 0 Å². The number of fused-ring (bicyclic) bond motifs is 1. The number of nitrogens with zero attached hydrogens (tertiary/aromatic N) is 2. The standard InChI is InChI=1S/C23H26N4O/c1-15-21(16(2)27(26-15)19-8-4-3-5-9-19)14-23(28)25-22-10-6-7-17-13-18(24)11-12-20(17)22/h3-5,8-9,11-13,22H,6-7,10,14,24H2,1-2H3,(H,25,28). The molecular formula is C23H26N4O. The molecule has 0 bridgehead atoms. The molecule has 144 valence electrons. The molecule has 28 heavy (non-hydrogen) atoms. The van der Waals surface area contributed by atoms with Gasteiger partial charge in [0.1, 0.15) is 0 Å². The maximum absolute atomic E-state index is 12.8. The summed E-state index contributed by atoms with van der Waals surface area (Å²) in [6.45, 7) is 3.99. The summed E-state index contributed by atoms with van der Waals surface area (Å²) in [5.41, 5.74) is 13.1. The Morgan fingerprint density at radius 3 is 2.79 bits per heavy atom. The van der Waals surface area contributed by atoms with E-state index in [-0.39, 0.29) is 11.9 Å². The Hall–Kier alpha value is -3.08. The summed E-state index contributed by atoms with van der Waals surface area (Å²) in [6.07, 6.45) is 3.38. The highest BCUT2D eigenvalue weighted by Gasteiger charge is 2.23. The number of hydrogen-bond acceptors (Lipinski definition) is 3. The molecule has 0 radical (unpaired) electrons. The van der Waals surface area contributed by atoms with E-state index in [1.54, 1.807) is 0 Å². The van der Waals surface area contributed by atoms with Crippen molar-refractivity contribution < 1.29 is 4.79 Å². The number of nitrogen functional groups attached to an aromatic ring is 1. The van der Waals surface area contributed by atoms with Crippen LogP contribution in [0.5, 0.6) is 0 Å². The zero-order valence-electron chi connectivity index (χ0n) is 16.4. The molecule has 1 aliphatic rings. The summed E-state index contributed by atoms with van der Waals surface area (Å²) in [5, 5.41) is 7.88. The van der Waals surface area contributed by atoms with Crippen molar-refractivity contribution in [2.45, 2.75) is 45.6 Å². The summed E-state index contributed by atoms with van der Waals surface area (Å²) >= 11 is 0. The van der Waals surface area contributed by atoms with E-state index in [0.29, 0.717) is 6.42 Å². The number of amides is 1. The number of nitrogens with two attached hydrogens (primary N) is 1. The molecule has 0 aliphatic heterocycles. The molecule has 1 aliphatic carbocycles. The zero-order valence-corrected chi connectivity index (χ0v) is 16.4. The Morgan fingerprint density at radius 1 is 1.21 bits per heavy atom. The summed E-state index contributed by atoms with van der Waals surface area (Å²) in [6, 6.07) is 16.1. The van der Waals surface area contributed by atoms with Gasteiger partial charge in [-0.3, -0.25) is 4.79 Å². The second-order valence-electron chi connectivity index (χ2n) is 7.54. The van der Waals surface area contributed by atoms with E-state index in [4.69, 9.17) is 5.73 Å². The van der Waals surface area contributed by atoms with Crippen molar-refractivity contribution in [3.8, 4) is 5.69 Å². The van der Waals surface area contributed by atoms with Crippen molar-refractivity contribution in [2.24, 2.45) is 0 Å². The van der Waals surface area contributed by atoms with Gasteiger partial charge in [0.2, 0.25) is 5.91 Å². The zero-order chi connectivity index (χ0) is 19.7. The largest absolute Gasteiger partial charge is 0.399 e. The Labute approximate surface area is 165 Å². The topological polar surface area (TPSA) is 72.9 Å². The minimum Gasteiger partial charge on any atom is -0.399 e. The number of hydrogen-bond donors (Lipinski definition) is 2. The predicted octanol–water partition coefficient (Wildman–Crippen LogP) is 3.81. The average molecular weight is 374 g/mol. The van der Waals surface area contributed by atoms with Crippen LogP contribution in [-0.2, 0) is 17.6 Å². The lowest BCUT2D eigenvalue weighted by Crippen LogP contribution is -2.32. The van der Waals surface area contributed by atoms with Crippen LogP contribution in [0.25, 0.3) is 5.69 Å². The third-order valence-electron chi connectivity index (χ3n) is 5.60. The lowest BCUT2D eigenvalue weighted by atomic mass is 9.87. The molecule has 0 saturated heterocycles. The normalized spacial score (nSPS) is 15.9. The van der Waals surface area contributed by atoms with Crippen molar-refractivity contribution in [2.75, 3.05) is 5.73 Å². The SMILES string of the molecule is Cc1nn(-c2ccccc2)c(C)c1CC(=O)NC1CCCc2cc(N)ccc21. The first-order valence-electron chi connectivity index (χ1n) is 9.81. The van der Waals surface area contributed by atoms with E-state index in [1.165, 1.54) is 11.1 Å². The van der Waals surface area contributed by atoms with E-state index in [9.17, 15) is 4.79 Å².